The molecule has 1 aromatic rings. The van der Waals surface area contributed by atoms with Crippen molar-refractivity contribution in [3.63, 3.8) is 0 Å². The van der Waals surface area contributed by atoms with Crippen LogP contribution in [0.15, 0.2) is 24.3 Å². The van der Waals surface area contributed by atoms with E-state index in [1.165, 1.54) is 4.90 Å². The van der Waals surface area contributed by atoms with E-state index in [9.17, 15) is 22.8 Å². The number of carbonyl (C=O) groups excluding carboxylic acids is 3. The van der Waals surface area contributed by atoms with E-state index in [4.69, 9.17) is 18.9 Å². The van der Waals surface area contributed by atoms with Crippen LogP contribution in [-0.2, 0) is 34.9 Å². The molecule has 0 spiro atoms. The molecule has 2 unspecified atom stereocenters. The average Bonchev–Trinajstić information content (AvgIpc) is 2.97. The van der Waals surface area contributed by atoms with Crippen molar-refractivity contribution in [2.75, 3.05) is 13.2 Å². The van der Waals surface area contributed by atoms with Gasteiger partial charge in [-0.25, -0.2) is 8.98 Å². The number of urea groups is 1. The topological polar surface area (TPSA) is 146 Å². The maximum Gasteiger partial charge on any atom is 0.421 e. The Labute approximate surface area is 205 Å². The smallest absolute Gasteiger partial charge is 0.421 e. The molecule has 0 saturated carbocycles. The molecule has 194 valence electrons. The number of rotatable bonds is 9. The third-order valence-corrected chi connectivity index (χ3v) is 6.62. The number of hydroxylamine groups is 2. The molecule has 12 heteroatoms. The van der Waals surface area contributed by atoms with E-state index in [1.807, 2.05) is 0 Å². The number of nitrogens with two attached hydrogens (primary N) is 1. The van der Waals surface area contributed by atoms with Crippen LogP contribution in [0.1, 0.15) is 53.0 Å². The Bertz CT molecular complexity index is 1100. The van der Waals surface area contributed by atoms with Crippen molar-refractivity contribution >= 4 is 28.3 Å². The highest BCUT2D eigenvalue weighted by molar-refractivity contribution is 7.81. The number of esters is 1. The van der Waals surface area contributed by atoms with Gasteiger partial charge in [0.05, 0.1) is 18.1 Å². The number of nitrogens with zero attached hydrogens (tertiary/aromatic N) is 2. The summed E-state index contributed by atoms with van der Waals surface area (Å²) in [6, 6.07) is 4.98. The zero-order valence-electron chi connectivity index (χ0n) is 20.6. The molecule has 2 atom stereocenters. The molecule has 2 fully saturated rings. The summed E-state index contributed by atoms with van der Waals surface area (Å²) in [7, 11) is -4.57. The predicted molar refractivity (Wildman–Crippen MR) is 125 cm³/mol. The molecule has 3 rings (SSSR count). The molecule has 2 bridgehead atoms. The number of primary amides is 1. The van der Waals surface area contributed by atoms with Gasteiger partial charge in [0.2, 0.25) is 5.91 Å². The molecule has 11 nitrogen and oxygen atoms in total. The summed E-state index contributed by atoms with van der Waals surface area (Å²) in [6.45, 7) is 8.75. The van der Waals surface area contributed by atoms with E-state index in [0.29, 0.717) is 30.6 Å². The predicted octanol–water partition coefficient (Wildman–Crippen LogP) is 2.15. The molecule has 2 N–H and O–H groups in total. The Kier molecular flexibility index (Phi) is 7.49. The Balaban J connectivity index is 1.63. The molecule has 0 aliphatic carbocycles. The molecule has 2 heterocycles. The monoisotopic (exact) mass is 511 g/mol. The van der Waals surface area contributed by atoms with E-state index >= 15 is 0 Å². The molecule has 2 aliphatic heterocycles. The van der Waals surface area contributed by atoms with Crippen LogP contribution in [0.2, 0.25) is 0 Å². The number of hydrogen-bond donors (Lipinski definition) is 1. The van der Waals surface area contributed by atoms with Gasteiger partial charge in [0, 0.05) is 6.54 Å². The van der Waals surface area contributed by atoms with Gasteiger partial charge in [0.25, 0.3) is 0 Å². The molecule has 2 saturated heterocycles. The lowest BCUT2D eigenvalue weighted by Gasteiger charge is -2.27. The lowest BCUT2D eigenvalue weighted by Crippen LogP contribution is -2.47. The second-order valence-electron chi connectivity index (χ2n) is 10.7. The van der Waals surface area contributed by atoms with Crippen LogP contribution in [0.3, 0.4) is 0 Å². The number of amides is 3. The van der Waals surface area contributed by atoms with Crippen LogP contribution >= 0.6 is 0 Å². The molecule has 2 aliphatic rings. The maximum absolute atomic E-state index is 12.6. The molecule has 0 aromatic heterocycles. The van der Waals surface area contributed by atoms with Crippen molar-refractivity contribution in [3.05, 3.63) is 29.8 Å². The van der Waals surface area contributed by atoms with Gasteiger partial charge in [-0.15, -0.1) is 4.28 Å². The molecule has 1 aromatic carbocycles. The first-order chi connectivity index (χ1) is 16.1. The Morgan fingerprint density at radius 3 is 2.40 bits per heavy atom. The normalized spacial score (nSPS) is 20.8. The zero-order valence-corrected chi connectivity index (χ0v) is 21.5. The van der Waals surface area contributed by atoms with Crippen LogP contribution in [0, 0.1) is 10.8 Å². The minimum Gasteiger partial charge on any atom is -0.426 e. The van der Waals surface area contributed by atoms with Crippen molar-refractivity contribution < 1.29 is 36.0 Å². The fourth-order valence-corrected chi connectivity index (χ4v) is 4.83. The van der Waals surface area contributed by atoms with Crippen molar-refractivity contribution in [2.45, 2.75) is 66.0 Å². The van der Waals surface area contributed by atoms with E-state index < -0.39 is 45.3 Å². The molecule has 0 radical (unpaired) electrons. The van der Waals surface area contributed by atoms with Crippen LogP contribution < -0.4 is 10.5 Å². The summed E-state index contributed by atoms with van der Waals surface area (Å²) in [4.78, 5) is 37.7. The standard InChI is InChI=1S/C23H33N3O8S/c1-22(2,3)20(28)33-18-9-7-6-8-15(18)12-23(4,5)14-32-35(30,31)34-26-16-10-11-17(19(24)27)25(13-16)21(26)29/h6-9,16-17H,10-14H2,1-5H3,(H2,24,27). The lowest BCUT2D eigenvalue weighted by atomic mass is 9.86. The summed E-state index contributed by atoms with van der Waals surface area (Å²) in [5.41, 5.74) is 4.67. The lowest BCUT2D eigenvalue weighted by molar-refractivity contribution is -0.143. The third-order valence-electron chi connectivity index (χ3n) is 5.87. The number of carbonyl (C=O) groups is 3. The highest BCUT2D eigenvalue weighted by Crippen LogP contribution is 2.32. The summed E-state index contributed by atoms with van der Waals surface area (Å²) < 4.78 is 40.7. The van der Waals surface area contributed by atoms with Gasteiger partial charge < -0.3 is 15.4 Å². The molecule has 3 amide bonds. The van der Waals surface area contributed by atoms with E-state index in [0.717, 1.165) is 5.06 Å². The van der Waals surface area contributed by atoms with E-state index in [2.05, 4.69) is 0 Å². The number of para-hydroxylation sites is 1. The average molecular weight is 512 g/mol. The largest absolute Gasteiger partial charge is 0.426 e. The molecular weight excluding hydrogens is 478 g/mol. The van der Waals surface area contributed by atoms with Gasteiger partial charge in [0.15, 0.2) is 0 Å². The quantitative estimate of drug-likeness (QED) is 0.392. The van der Waals surface area contributed by atoms with Crippen molar-refractivity contribution in [1.29, 1.82) is 0 Å². The van der Waals surface area contributed by atoms with Crippen molar-refractivity contribution in [2.24, 2.45) is 16.6 Å². The summed E-state index contributed by atoms with van der Waals surface area (Å²) in [6.07, 6.45) is 1.05. The van der Waals surface area contributed by atoms with Gasteiger partial charge in [-0.3, -0.25) is 9.59 Å². The fourth-order valence-electron chi connectivity index (χ4n) is 3.95. The van der Waals surface area contributed by atoms with Gasteiger partial charge >= 0.3 is 22.4 Å². The van der Waals surface area contributed by atoms with Crippen LogP contribution in [0.4, 0.5) is 4.79 Å². The number of ether oxygens (including phenoxy) is 1. The van der Waals surface area contributed by atoms with Gasteiger partial charge in [-0.1, -0.05) is 32.0 Å². The summed E-state index contributed by atoms with van der Waals surface area (Å²) in [5, 5.41) is 0.743. The minimum absolute atomic E-state index is 0.150. The zero-order chi connectivity index (χ0) is 26.2. The minimum atomic E-state index is -4.57. The number of fused-ring (bicyclic) bond motifs is 2. The number of hydrogen-bond acceptors (Lipinski definition) is 8. The first kappa shape index (κ1) is 26.9. The first-order valence-corrected chi connectivity index (χ1v) is 12.7. The Morgan fingerprint density at radius 2 is 1.77 bits per heavy atom. The van der Waals surface area contributed by atoms with Gasteiger partial charge in [-0.2, -0.15) is 13.5 Å². The maximum atomic E-state index is 12.6. The SMILES string of the molecule is CC(C)(COS(=O)(=O)ON1C(=O)N2CC1CCC2C(N)=O)Cc1ccccc1OC(=O)C(C)(C)C. The van der Waals surface area contributed by atoms with E-state index in [1.54, 1.807) is 58.9 Å². The third kappa shape index (κ3) is 6.50. The second kappa shape index (κ2) is 9.75. The Hall–Kier alpha value is -2.70. The van der Waals surface area contributed by atoms with Crippen molar-refractivity contribution in [3.8, 4) is 5.75 Å². The van der Waals surface area contributed by atoms with E-state index in [-0.39, 0.29) is 19.1 Å². The van der Waals surface area contributed by atoms with Crippen LogP contribution in [0.5, 0.6) is 5.75 Å². The van der Waals surface area contributed by atoms with Crippen LogP contribution in [0.25, 0.3) is 0 Å². The molecule has 35 heavy (non-hydrogen) atoms. The van der Waals surface area contributed by atoms with Crippen molar-refractivity contribution in [1.82, 2.24) is 9.96 Å². The summed E-state index contributed by atoms with van der Waals surface area (Å²) >= 11 is 0. The first-order valence-electron chi connectivity index (χ1n) is 11.4. The number of piperidine rings is 1. The van der Waals surface area contributed by atoms with Crippen LogP contribution in [-0.4, -0.2) is 61.5 Å². The highest BCUT2D eigenvalue weighted by atomic mass is 32.3. The van der Waals surface area contributed by atoms with Gasteiger partial charge in [0.1, 0.15) is 11.8 Å². The number of benzene rings is 1. The highest BCUT2D eigenvalue weighted by Gasteiger charge is 2.49. The summed E-state index contributed by atoms with van der Waals surface area (Å²) in [5.74, 6) is -0.634. The van der Waals surface area contributed by atoms with Gasteiger partial charge in [-0.05, 0) is 57.1 Å². The fraction of sp³-hybridized carbons (Fsp3) is 0.609. The Morgan fingerprint density at radius 1 is 1.11 bits per heavy atom. The molecular formula is C23H33N3O8S. The second-order valence-corrected chi connectivity index (χ2v) is 11.9.